The van der Waals surface area contributed by atoms with Gasteiger partial charge in [-0.15, -0.1) is 12.4 Å². The Morgan fingerprint density at radius 3 is 2.80 bits per heavy atom. The number of hydrogen-bond donors (Lipinski definition) is 2. The number of nitrogens with one attached hydrogen (secondary N) is 2. The zero-order chi connectivity index (χ0) is 13.2. The van der Waals surface area contributed by atoms with Crippen LogP contribution in [0.3, 0.4) is 0 Å². The Labute approximate surface area is 126 Å². The third-order valence-corrected chi connectivity index (χ3v) is 4.11. The molecule has 0 aromatic heterocycles. The van der Waals surface area contributed by atoms with E-state index in [1.165, 1.54) is 24.1 Å². The maximum atomic E-state index is 11.6. The SMILES string of the molecule is CC(=O)N1CCc2c(NC3CCNCC3)cccc21.Cl. The van der Waals surface area contributed by atoms with Gasteiger partial charge in [0.25, 0.3) is 0 Å². The summed E-state index contributed by atoms with van der Waals surface area (Å²) in [5, 5.41) is 7.04. The number of carbonyl (C=O) groups excluding carboxylic acids is 1. The molecule has 1 aromatic carbocycles. The lowest BCUT2D eigenvalue weighted by molar-refractivity contribution is -0.116. The lowest BCUT2D eigenvalue weighted by atomic mass is 10.0. The summed E-state index contributed by atoms with van der Waals surface area (Å²) < 4.78 is 0. The van der Waals surface area contributed by atoms with Crippen LogP contribution in [0.5, 0.6) is 0 Å². The minimum Gasteiger partial charge on any atom is -0.382 e. The maximum Gasteiger partial charge on any atom is 0.223 e. The van der Waals surface area contributed by atoms with Crippen LogP contribution in [-0.2, 0) is 11.2 Å². The zero-order valence-corrected chi connectivity index (χ0v) is 12.6. The van der Waals surface area contributed by atoms with Crippen LogP contribution in [0.25, 0.3) is 0 Å². The normalized spacial score (nSPS) is 18.4. The van der Waals surface area contributed by atoms with Crippen molar-refractivity contribution in [2.24, 2.45) is 0 Å². The molecule has 2 aliphatic rings. The first kappa shape index (κ1) is 15.1. The van der Waals surface area contributed by atoms with Crippen molar-refractivity contribution in [3.8, 4) is 0 Å². The van der Waals surface area contributed by atoms with Crippen molar-refractivity contribution in [1.29, 1.82) is 0 Å². The van der Waals surface area contributed by atoms with E-state index in [4.69, 9.17) is 0 Å². The second-order valence-corrected chi connectivity index (χ2v) is 5.39. The summed E-state index contributed by atoms with van der Waals surface area (Å²) in [4.78, 5) is 13.5. The smallest absolute Gasteiger partial charge is 0.223 e. The van der Waals surface area contributed by atoms with Crippen molar-refractivity contribution in [1.82, 2.24) is 5.32 Å². The lowest BCUT2D eigenvalue weighted by Crippen LogP contribution is -2.35. The van der Waals surface area contributed by atoms with E-state index in [1.54, 1.807) is 6.92 Å². The number of benzene rings is 1. The van der Waals surface area contributed by atoms with E-state index in [2.05, 4.69) is 22.8 Å². The Bertz CT molecular complexity index is 486. The molecule has 20 heavy (non-hydrogen) atoms. The molecular weight excluding hydrogens is 274 g/mol. The fraction of sp³-hybridized carbons (Fsp3) is 0.533. The van der Waals surface area contributed by atoms with Crippen LogP contribution >= 0.6 is 12.4 Å². The minimum absolute atomic E-state index is 0. The number of halogens is 1. The van der Waals surface area contributed by atoms with Gasteiger partial charge < -0.3 is 15.5 Å². The Kier molecular flexibility index (Phi) is 4.89. The summed E-state index contributed by atoms with van der Waals surface area (Å²) in [6.07, 6.45) is 3.29. The van der Waals surface area contributed by atoms with Crippen molar-refractivity contribution in [2.75, 3.05) is 29.9 Å². The van der Waals surface area contributed by atoms with E-state index in [-0.39, 0.29) is 18.3 Å². The summed E-state index contributed by atoms with van der Waals surface area (Å²) in [5.74, 6) is 0.137. The van der Waals surface area contributed by atoms with E-state index in [0.29, 0.717) is 6.04 Å². The summed E-state index contributed by atoms with van der Waals surface area (Å²) in [6, 6.07) is 6.80. The average molecular weight is 296 g/mol. The third-order valence-electron chi connectivity index (χ3n) is 4.11. The molecule has 1 saturated heterocycles. The van der Waals surface area contributed by atoms with Gasteiger partial charge in [0.2, 0.25) is 5.91 Å². The van der Waals surface area contributed by atoms with Crippen molar-refractivity contribution < 1.29 is 4.79 Å². The van der Waals surface area contributed by atoms with Crippen molar-refractivity contribution >= 4 is 29.7 Å². The highest BCUT2D eigenvalue weighted by Crippen LogP contribution is 2.34. The van der Waals surface area contributed by atoms with Gasteiger partial charge in [-0.2, -0.15) is 0 Å². The first-order valence-corrected chi connectivity index (χ1v) is 7.13. The Balaban J connectivity index is 0.00000147. The lowest BCUT2D eigenvalue weighted by Gasteiger charge is -2.26. The van der Waals surface area contributed by atoms with Crippen LogP contribution in [0.1, 0.15) is 25.3 Å². The van der Waals surface area contributed by atoms with Crippen molar-refractivity contribution in [2.45, 2.75) is 32.2 Å². The summed E-state index contributed by atoms with van der Waals surface area (Å²) in [7, 11) is 0. The quantitative estimate of drug-likeness (QED) is 0.879. The molecule has 1 amide bonds. The molecule has 110 valence electrons. The highest BCUT2D eigenvalue weighted by molar-refractivity contribution is 5.95. The van der Waals surface area contributed by atoms with E-state index in [9.17, 15) is 4.79 Å². The molecule has 0 saturated carbocycles. The fourth-order valence-electron chi connectivity index (χ4n) is 3.08. The summed E-state index contributed by atoms with van der Waals surface area (Å²) in [5.41, 5.74) is 3.61. The standard InChI is InChI=1S/C15H21N3O.ClH/c1-11(19)18-10-7-13-14(3-2-4-15(13)18)17-12-5-8-16-9-6-12;/h2-4,12,16-17H,5-10H2,1H3;1H. The molecule has 1 aromatic rings. The van der Waals surface area contributed by atoms with Crippen molar-refractivity contribution in [3.63, 3.8) is 0 Å². The highest BCUT2D eigenvalue weighted by atomic mass is 35.5. The van der Waals surface area contributed by atoms with E-state index in [1.807, 2.05) is 11.0 Å². The molecule has 4 nitrogen and oxygen atoms in total. The summed E-state index contributed by atoms with van der Waals surface area (Å²) >= 11 is 0. The fourth-order valence-corrected chi connectivity index (χ4v) is 3.08. The second kappa shape index (κ2) is 6.46. The number of piperidine rings is 1. The van der Waals surface area contributed by atoms with Gasteiger partial charge in [-0.3, -0.25) is 4.79 Å². The molecule has 2 heterocycles. The topological polar surface area (TPSA) is 44.4 Å². The molecule has 5 heteroatoms. The van der Waals surface area contributed by atoms with Crippen LogP contribution in [0.15, 0.2) is 18.2 Å². The first-order chi connectivity index (χ1) is 9.25. The van der Waals surface area contributed by atoms with Gasteiger partial charge in [-0.1, -0.05) is 6.07 Å². The van der Waals surface area contributed by atoms with Crippen LogP contribution in [0.2, 0.25) is 0 Å². The molecule has 2 aliphatic heterocycles. The van der Waals surface area contributed by atoms with Gasteiger partial charge in [0.15, 0.2) is 0 Å². The first-order valence-electron chi connectivity index (χ1n) is 7.13. The van der Waals surface area contributed by atoms with Crippen LogP contribution in [0, 0.1) is 0 Å². The third kappa shape index (κ3) is 2.91. The van der Waals surface area contributed by atoms with Gasteiger partial charge in [0.1, 0.15) is 0 Å². The number of fused-ring (bicyclic) bond motifs is 1. The van der Waals surface area contributed by atoms with Crippen LogP contribution in [-0.4, -0.2) is 31.6 Å². The van der Waals surface area contributed by atoms with Gasteiger partial charge in [-0.05, 0) is 44.5 Å². The number of carbonyl (C=O) groups is 1. The van der Waals surface area contributed by atoms with E-state index < -0.39 is 0 Å². The molecular formula is C15H22ClN3O. The Morgan fingerprint density at radius 1 is 1.35 bits per heavy atom. The van der Waals surface area contributed by atoms with Gasteiger partial charge in [0, 0.05) is 36.4 Å². The van der Waals surface area contributed by atoms with Crippen LogP contribution < -0.4 is 15.5 Å². The number of nitrogens with zero attached hydrogens (tertiary/aromatic N) is 1. The van der Waals surface area contributed by atoms with E-state index >= 15 is 0 Å². The number of hydrogen-bond acceptors (Lipinski definition) is 3. The molecule has 0 atom stereocenters. The Hall–Kier alpha value is -1.26. The molecule has 0 bridgehead atoms. The Morgan fingerprint density at radius 2 is 2.10 bits per heavy atom. The number of amides is 1. The summed E-state index contributed by atoms with van der Waals surface area (Å²) in [6.45, 7) is 4.64. The van der Waals surface area contributed by atoms with Gasteiger partial charge >= 0.3 is 0 Å². The maximum absolute atomic E-state index is 11.6. The number of anilines is 2. The molecule has 2 N–H and O–H groups in total. The number of rotatable bonds is 2. The monoisotopic (exact) mass is 295 g/mol. The molecule has 0 radical (unpaired) electrons. The van der Waals surface area contributed by atoms with Gasteiger partial charge in [0.05, 0.1) is 0 Å². The minimum atomic E-state index is 0. The molecule has 1 fully saturated rings. The predicted molar refractivity (Wildman–Crippen MR) is 84.9 cm³/mol. The zero-order valence-electron chi connectivity index (χ0n) is 11.8. The second-order valence-electron chi connectivity index (χ2n) is 5.39. The van der Waals surface area contributed by atoms with Crippen LogP contribution in [0.4, 0.5) is 11.4 Å². The average Bonchev–Trinajstić information content (AvgIpc) is 2.85. The molecule has 3 rings (SSSR count). The largest absolute Gasteiger partial charge is 0.382 e. The van der Waals surface area contributed by atoms with Crippen molar-refractivity contribution in [3.05, 3.63) is 23.8 Å². The molecule has 0 aliphatic carbocycles. The van der Waals surface area contributed by atoms with Gasteiger partial charge in [-0.25, -0.2) is 0 Å². The predicted octanol–water partition coefficient (Wildman–Crippen LogP) is 2.18. The molecule has 0 spiro atoms. The van der Waals surface area contributed by atoms with E-state index in [0.717, 1.165) is 31.7 Å². The highest BCUT2D eigenvalue weighted by Gasteiger charge is 2.25. The molecule has 0 unspecified atom stereocenters.